The van der Waals surface area contributed by atoms with Crippen molar-refractivity contribution in [1.29, 1.82) is 0 Å². The first kappa shape index (κ1) is 50.0. The van der Waals surface area contributed by atoms with Crippen LogP contribution in [0.2, 0.25) is 10.0 Å². The third-order valence-corrected chi connectivity index (χ3v) is 10.6. The quantitative estimate of drug-likeness (QED) is 0.0406. The molecular weight excluding hydrogens is 938 g/mol. The summed E-state index contributed by atoms with van der Waals surface area (Å²) in [6, 6.07) is 23.7. The topological polar surface area (TPSA) is 200 Å². The Morgan fingerprint density at radius 3 is 1.29 bits per heavy atom. The number of ketones is 2. The van der Waals surface area contributed by atoms with Gasteiger partial charge in [-0.2, -0.15) is 20.5 Å². The number of amides is 4. The SMILES string of the molecule is CC(=O)C(N=Nc1cc(Cl)cc(C(=O)Nc2ccccc2C(C)Cl)c1)C(=O)Nc1ccc(NC(=O)C(N=Nc2cc(Cl)cc(C(=O)Nc3ccccc3C(C)Cl)c2)C(C)=O)c(C(C)Cl)c1. The molecule has 0 fully saturated rings. The molecule has 336 valence electrons. The van der Waals surface area contributed by atoms with Gasteiger partial charge >= 0.3 is 0 Å². The van der Waals surface area contributed by atoms with Crippen molar-refractivity contribution < 1.29 is 28.8 Å². The van der Waals surface area contributed by atoms with Crippen LogP contribution in [0.3, 0.4) is 0 Å². The maximum Gasteiger partial charge on any atom is 0.258 e. The molecule has 65 heavy (non-hydrogen) atoms. The summed E-state index contributed by atoms with van der Waals surface area (Å²) in [5.41, 5.74) is 3.62. The predicted molar refractivity (Wildman–Crippen MR) is 256 cm³/mol. The van der Waals surface area contributed by atoms with Crippen molar-refractivity contribution in [2.75, 3.05) is 21.3 Å². The molecule has 14 nitrogen and oxygen atoms in total. The normalized spacial score (nSPS) is 13.6. The van der Waals surface area contributed by atoms with E-state index in [2.05, 4.69) is 41.7 Å². The second-order valence-corrected chi connectivity index (χ2v) is 17.4. The average molecular weight is 979 g/mol. The molecule has 0 saturated carbocycles. The van der Waals surface area contributed by atoms with Gasteiger partial charge < -0.3 is 21.3 Å². The summed E-state index contributed by atoms with van der Waals surface area (Å²) in [5, 5.41) is 25.8. The van der Waals surface area contributed by atoms with E-state index >= 15 is 0 Å². The van der Waals surface area contributed by atoms with Gasteiger partial charge in [0.1, 0.15) is 0 Å². The van der Waals surface area contributed by atoms with E-state index in [1.165, 1.54) is 54.6 Å². The van der Waals surface area contributed by atoms with Crippen molar-refractivity contribution in [3.63, 3.8) is 0 Å². The Labute approximate surface area is 399 Å². The van der Waals surface area contributed by atoms with E-state index in [0.717, 1.165) is 13.8 Å². The number of nitrogens with zero attached hydrogens (tertiary/aromatic N) is 4. The molecular formula is C46H41Cl5N8O6. The van der Waals surface area contributed by atoms with Crippen molar-refractivity contribution in [3.8, 4) is 0 Å². The zero-order chi connectivity index (χ0) is 47.5. The number of nitrogens with one attached hydrogen (secondary N) is 4. The van der Waals surface area contributed by atoms with Crippen LogP contribution in [0.5, 0.6) is 0 Å². The maximum absolute atomic E-state index is 13.5. The van der Waals surface area contributed by atoms with Crippen molar-refractivity contribution >= 4 is 127 Å². The van der Waals surface area contributed by atoms with Gasteiger partial charge in [0, 0.05) is 43.9 Å². The fourth-order valence-electron chi connectivity index (χ4n) is 6.21. The second kappa shape index (κ2) is 22.7. The molecule has 0 aliphatic heterocycles. The number of halogens is 5. The molecule has 5 atom stereocenters. The number of Topliss-reactive ketones (excluding diaryl/α,β-unsaturated/α-hetero) is 2. The van der Waals surface area contributed by atoms with Gasteiger partial charge in [-0.05, 0) is 118 Å². The lowest BCUT2D eigenvalue weighted by Crippen LogP contribution is -2.32. The van der Waals surface area contributed by atoms with Gasteiger partial charge in [0.2, 0.25) is 12.1 Å². The van der Waals surface area contributed by atoms with E-state index in [9.17, 15) is 28.8 Å². The van der Waals surface area contributed by atoms with Crippen molar-refractivity contribution in [3.05, 3.63) is 141 Å². The van der Waals surface area contributed by atoms with Crippen molar-refractivity contribution in [1.82, 2.24) is 0 Å². The number of para-hydroxylation sites is 2. The van der Waals surface area contributed by atoms with Gasteiger partial charge in [0.05, 0.1) is 27.5 Å². The van der Waals surface area contributed by atoms with Gasteiger partial charge in [-0.25, -0.2) is 0 Å². The first-order chi connectivity index (χ1) is 30.8. The summed E-state index contributed by atoms with van der Waals surface area (Å²) in [6.07, 6.45) is 0. The van der Waals surface area contributed by atoms with Gasteiger partial charge in [-0.15, -0.1) is 34.8 Å². The summed E-state index contributed by atoms with van der Waals surface area (Å²) < 4.78 is 0. The summed E-state index contributed by atoms with van der Waals surface area (Å²) in [6.45, 7) is 7.49. The van der Waals surface area contributed by atoms with E-state index in [1.807, 2.05) is 0 Å². The lowest BCUT2D eigenvalue weighted by Gasteiger charge is -2.17. The lowest BCUT2D eigenvalue weighted by atomic mass is 10.1. The second-order valence-electron chi connectivity index (χ2n) is 14.6. The maximum atomic E-state index is 13.5. The molecule has 0 aliphatic rings. The van der Waals surface area contributed by atoms with Gasteiger partial charge in [-0.1, -0.05) is 59.6 Å². The largest absolute Gasteiger partial charge is 0.324 e. The number of hydrogen-bond acceptors (Lipinski definition) is 10. The van der Waals surface area contributed by atoms with E-state index in [-0.39, 0.29) is 54.7 Å². The fraction of sp³-hybridized carbons (Fsp3) is 0.217. The molecule has 0 aliphatic carbocycles. The summed E-state index contributed by atoms with van der Waals surface area (Å²) in [4.78, 5) is 78.6. The van der Waals surface area contributed by atoms with E-state index in [1.54, 1.807) is 69.3 Å². The highest BCUT2D eigenvalue weighted by Crippen LogP contribution is 2.33. The molecule has 5 aromatic rings. The molecule has 0 spiro atoms. The number of benzene rings is 5. The smallest absolute Gasteiger partial charge is 0.258 e. The lowest BCUT2D eigenvalue weighted by molar-refractivity contribution is -0.127. The van der Waals surface area contributed by atoms with Gasteiger partial charge in [0.25, 0.3) is 23.6 Å². The standard InChI is InChI=1S/C46H41Cl5N8O6/c1-23(47)35-10-6-8-12-38(35)53-43(62)28-16-30(50)20-33(18-28)56-58-41(26(4)60)45(64)52-32-14-15-40(37(22-32)25(3)49)55-46(65)42(27(5)61)59-57-34-19-29(17-31(51)21-34)44(63)54-39-13-9-7-11-36(39)24(2)48/h6-25,41-42H,1-5H3,(H,52,64)(H,53,62)(H,54,63)(H,55,65). The Hall–Kier alpha value is -6.03. The minimum atomic E-state index is -1.62. The van der Waals surface area contributed by atoms with Crippen LogP contribution in [0.4, 0.5) is 34.1 Å². The van der Waals surface area contributed by atoms with Crippen LogP contribution < -0.4 is 21.3 Å². The Kier molecular flexibility index (Phi) is 17.5. The number of carbonyl (C=O) groups excluding carboxylic acids is 6. The van der Waals surface area contributed by atoms with Crippen LogP contribution in [0.15, 0.2) is 124 Å². The monoisotopic (exact) mass is 976 g/mol. The first-order valence-corrected chi connectivity index (χ1v) is 21.8. The zero-order valence-corrected chi connectivity index (χ0v) is 39.1. The third-order valence-electron chi connectivity index (χ3n) is 9.41. The molecule has 5 rings (SSSR count). The molecule has 0 bridgehead atoms. The molecule has 19 heteroatoms. The van der Waals surface area contributed by atoms with Crippen molar-refractivity contribution in [2.45, 2.75) is 62.8 Å². The molecule has 0 aromatic heterocycles. The van der Waals surface area contributed by atoms with E-state index in [4.69, 9.17) is 58.0 Å². The highest BCUT2D eigenvalue weighted by atomic mass is 35.5. The molecule has 0 saturated heterocycles. The Bertz CT molecular complexity index is 2710. The Balaban J connectivity index is 1.28. The van der Waals surface area contributed by atoms with Gasteiger partial charge in [-0.3, -0.25) is 28.8 Å². The number of carbonyl (C=O) groups is 6. The van der Waals surface area contributed by atoms with Crippen LogP contribution in [0.1, 0.15) is 88.2 Å². The molecule has 5 unspecified atom stereocenters. The molecule has 5 aromatic carbocycles. The van der Waals surface area contributed by atoms with E-state index < -0.39 is 52.7 Å². The number of rotatable bonds is 17. The fourth-order valence-corrected chi connectivity index (χ4v) is 7.23. The molecule has 0 heterocycles. The predicted octanol–water partition coefficient (Wildman–Crippen LogP) is 12.8. The summed E-state index contributed by atoms with van der Waals surface area (Å²) >= 11 is 31.7. The number of alkyl halides is 3. The van der Waals surface area contributed by atoms with Crippen LogP contribution in [-0.4, -0.2) is 47.3 Å². The first-order valence-electron chi connectivity index (χ1n) is 19.7. The number of azo groups is 2. The van der Waals surface area contributed by atoms with Crippen LogP contribution in [0, 0.1) is 0 Å². The molecule has 4 amide bonds. The summed E-state index contributed by atoms with van der Waals surface area (Å²) in [5.74, 6) is -3.99. The Morgan fingerprint density at radius 2 is 0.877 bits per heavy atom. The van der Waals surface area contributed by atoms with Crippen LogP contribution in [0.25, 0.3) is 0 Å². The minimum absolute atomic E-state index is 0.0963. The highest BCUT2D eigenvalue weighted by molar-refractivity contribution is 6.32. The number of hydrogen-bond donors (Lipinski definition) is 4. The minimum Gasteiger partial charge on any atom is -0.324 e. The number of anilines is 4. The average Bonchev–Trinajstić information content (AvgIpc) is 3.23. The Morgan fingerprint density at radius 1 is 0.477 bits per heavy atom. The molecule has 4 N–H and O–H groups in total. The molecule has 0 radical (unpaired) electrons. The summed E-state index contributed by atoms with van der Waals surface area (Å²) in [7, 11) is 0. The zero-order valence-electron chi connectivity index (χ0n) is 35.3. The van der Waals surface area contributed by atoms with Crippen LogP contribution in [-0.2, 0) is 19.2 Å². The highest BCUT2D eigenvalue weighted by Gasteiger charge is 2.27. The van der Waals surface area contributed by atoms with Gasteiger partial charge in [0.15, 0.2) is 11.6 Å². The van der Waals surface area contributed by atoms with E-state index in [0.29, 0.717) is 28.1 Å². The third kappa shape index (κ3) is 13.7. The van der Waals surface area contributed by atoms with Crippen LogP contribution >= 0.6 is 58.0 Å². The van der Waals surface area contributed by atoms with Crippen molar-refractivity contribution in [2.24, 2.45) is 20.5 Å².